The van der Waals surface area contributed by atoms with Crippen LogP contribution in [0.5, 0.6) is 0 Å². The highest BCUT2D eigenvalue weighted by Gasteiger charge is 2.13. The summed E-state index contributed by atoms with van der Waals surface area (Å²) >= 11 is 0. The highest BCUT2D eigenvalue weighted by molar-refractivity contribution is 5.69. The number of ether oxygens (including phenoxy) is 5. The summed E-state index contributed by atoms with van der Waals surface area (Å²) in [5.41, 5.74) is 0. The number of esters is 1. The van der Waals surface area contributed by atoms with Gasteiger partial charge in [0.2, 0.25) is 0 Å². The van der Waals surface area contributed by atoms with Gasteiger partial charge in [0.15, 0.2) is 6.29 Å². The predicted octanol–water partition coefficient (Wildman–Crippen LogP) is 2.39. The van der Waals surface area contributed by atoms with Crippen LogP contribution in [-0.2, 0) is 33.3 Å². The van der Waals surface area contributed by atoms with Crippen molar-refractivity contribution in [3.05, 3.63) is 0 Å². The van der Waals surface area contributed by atoms with E-state index in [0.29, 0.717) is 39.3 Å². The monoisotopic (exact) mass is 378 g/mol. The fraction of sp³-hybridized carbons (Fsp3) is 0.889. The molecule has 154 valence electrons. The van der Waals surface area contributed by atoms with E-state index in [4.69, 9.17) is 28.8 Å². The van der Waals surface area contributed by atoms with Gasteiger partial charge in [0.05, 0.1) is 26.4 Å². The van der Waals surface area contributed by atoms with Gasteiger partial charge in [0.25, 0.3) is 0 Å². The molecule has 0 aromatic rings. The molecule has 0 amide bonds. The minimum Gasteiger partial charge on any atom is -0.481 e. The average molecular weight is 378 g/mol. The molecular formula is C18H34O8. The minimum absolute atomic E-state index is 0.0431. The van der Waals surface area contributed by atoms with E-state index in [-0.39, 0.29) is 19.0 Å². The summed E-state index contributed by atoms with van der Waals surface area (Å²) in [5.74, 6) is -1.02. The summed E-state index contributed by atoms with van der Waals surface area (Å²) in [6, 6.07) is 0. The first-order chi connectivity index (χ1) is 12.6. The molecule has 0 spiro atoms. The van der Waals surface area contributed by atoms with Gasteiger partial charge in [-0.15, -0.1) is 0 Å². The molecule has 0 saturated carbocycles. The highest BCUT2D eigenvalue weighted by Crippen LogP contribution is 2.09. The number of unbranched alkanes of at least 4 members (excludes halogenated alkanes) is 5. The SMILES string of the molecule is COCCOC(COC(=O)CCCCCCCCC(=O)O)OCCOC. The van der Waals surface area contributed by atoms with Crippen molar-refractivity contribution in [2.45, 2.75) is 57.7 Å². The third-order valence-electron chi connectivity index (χ3n) is 3.58. The van der Waals surface area contributed by atoms with Crippen LogP contribution in [0.4, 0.5) is 0 Å². The first kappa shape index (κ1) is 24.8. The molecule has 0 unspecified atom stereocenters. The molecule has 26 heavy (non-hydrogen) atoms. The van der Waals surface area contributed by atoms with E-state index in [9.17, 15) is 9.59 Å². The van der Waals surface area contributed by atoms with Crippen molar-refractivity contribution in [2.75, 3.05) is 47.3 Å². The van der Waals surface area contributed by atoms with Crippen LogP contribution >= 0.6 is 0 Å². The molecule has 0 aliphatic heterocycles. The van der Waals surface area contributed by atoms with Gasteiger partial charge in [-0.1, -0.05) is 25.7 Å². The fourth-order valence-corrected chi connectivity index (χ4v) is 2.16. The number of carboxylic acids is 1. The Morgan fingerprint density at radius 2 is 1.27 bits per heavy atom. The Bertz CT molecular complexity index is 338. The lowest BCUT2D eigenvalue weighted by atomic mass is 10.1. The van der Waals surface area contributed by atoms with Crippen molar-refractivity contribution >= 4 is 11.9 Å². The van der Waals surface area contributed by atoms with Crippen LogP contribution in [0.1, 0.15) is 51.4 Å². The molecule has 8 nitrogen and oxygen atoms in total. The maximum absolute atomic E-state index is 11.8. The van der Waals surface area contributed by atoms with Crippen molar-refractivity contribution < 1.29 is 38.4 Å². The molecule has 0 rings (SSSR count). The fourth-order valence-electron chi connectivity index (χ4n) is 2.16. The van der Waals surface area contributed by atoms with Crippen LogP contribution < -0.4 is 0 Å². The normalized spacial score (nSPS) is 11.0. The number of carbonyl (C=O) groups excluding carboxylic acids is 1. The van der Waals surface area contributed by atoms with Crippen molar-refractivity contribution in [3.8, 4) is 0 Å². The van der Waals surface area contributed by atoms with Gasteiger partial charge in [-0.2, -0.15) is 0 Å². The number of methoxy groups -OCH3 is 2. The first-order valence-electron chi connectivity index (χ1n) is 9.18. The first-order valence-corrected chi connectivity index (χ1v) is 9.18. The van der Waals surface area contributed by atoms with Crippen molar-refractivity contribution in [1.82, 2.24) is 0 Å². The van der Waals surface area contributed by atoms with E-state index >= 15 is 0 Å². The zero-order valence-electron chi connectivity index (χ0n) is 16.1. The predicted molar refractivity (Wildman–Crippen MR) is 95.0 cm³/mol. The number of carboxylic acid groups (broad SMARTS) is 1. The van der Waals surface area contributed by atoms with Gasteiger partial charge in [-0.3, -0.25) is 9.59 Å². The summed E-state index contributed by atoms with van der Waals surface area (Å²) in [6.45, 7) is 1.62. The zero-order chi connectivity index (χ0) is 19.5. The Morgan fingerprint density at radius 1 is 0.769 bits per heavy atom. The second-order valence-electron chi connectivity index (χ2n) is 5.85. The Morgan fingerprint density at radius 3 is 1.77 bits per heavy atom. The standard InChI is InChI=1S/C18H34O8/c1-22-11-13-24-18(25-14-12-23-2)15-26-17(21)10-8-6-4-3-5-7-9-16(19)20/h18H,3-15H2,1-2H3,(H,19,20). The molecule has 0 bridgehead atoms. The molecule has 0 saturated heterocycles. The smallest absolute Gasteiger partial charge is 0.305 e. The Hall–Kier alpha value is -1.22. The number of aliphatic carboxylic acids is 1. The van der Waals surface area contributed by atoms with Crippen LogP contribution in [-0.4, -0.2) is 70.6 Å². The molecule has 0 aliphatic carbocycles. The van der Waals surface area contributed by atoms with Crippen LogP contribution in [0.25, 0.3) is 0 Å². The summed E-state index contributed by atoms with van der Waals surface area (Å²) < 4.78 is 25.9. The second-order valence-corrected chi connectivity index (χ2v) is 5.85. The Labute approximate surface area is 156 Å². The summed E-state index contributed by atoms with van der Waals surface area (Å²) in [6.07, 6.45) is 5.27. The van der Waals surface area contributed by atoms with Gasteiger partial charge in [0, 0.05) is 27.1 Å². The lowest BCUT2D eigenvalue weighted by Crippen LogP contribution is -2.28. The van der Waals surface area contributed by atoms with Crippen molar-refractivity contribution in [2.24, 2.45) is 0 Å². The van der Waals surface area contributed by atoms with E-state index in [0.717, 1.165) is 32.1 Å². The summed E-state index contributed by atoms with van der Waals surface area (Å²) in [7, 11) is 3.16. The maximum Gasteiger partial charge on any atom is 0.305 e. The van der Waals surface area contributed by atoms with Gasteiger partial charge in [-0.25, -0.2) is 0 Å². The topological polar surface area (TPSA) is 101 Å². The van der Waals surface area contributed by atoms with Gasteiger partial charge >= 0.3 is 11.9 Å². The number of hydrogen-bond acceptors (Lipinski definition) is 7. The molecule has 0 fully saturated rings. The molecular weight excluding hydrogens is 344 g/mol. The van der Waals surface area contributed by atoms with E-state index in [1.54, 1.807) is 14.2 Å². The van der Waals surface area contributed by atoms with Crippen LogP contribution in [0, 0.1) is 0 Å². The summed E-state index contributed by atoms with van der Waals surface area (Å²) in [5, 5.41) is 8.54. The Balaban J connectivity index is 3.71. The second kappa shape index (κ2) is 18.6. The molecule has 0 aromatic carbocycles. The van der Waals surface area contributed by atoms with Crippen molar-refractivity contribution in [3.63, 3.8) is 0 Å². The lowest BCUT2D eigenvalue weighted by Gasteiger charge is -2.18. The number of rotatable bonds is 19. The number of carbonyl (C=O) groups is 2. The third kappa shape index (κ3) is 17.6. The van der Waals surface area contributed by atoms with Crippen LogP contribution in [0.15, 0.2) is 0 Å². The molecule has 0 heterocycles. The molecule has 1 N–H and O–H groups in total. The van der Waals surface area contributed by atoms with Crippen molar-refractivity contribution in [1.29, 1.82) is 0 Å². The maximum atomic E-state index is 11.8. The van der Waals surface area contributed by atoms with Crippen LogP contribution in [0.2, 0.25) is 0 Å². The Kier molecular flexibility index (Phi) is 17.7. The molecule has 0 radical (unpaired) electrons. The van der Waals surface area contributed by atoms with E-state index in [1.807, 2.05) is 0 Å². The molecule has 0 aliphatic rings. The molecule has 8 heteroatoms. The molecule has 0 aromatic heterocycles. The highest BCUT2D eigenvalue weighted by atomic mass is 16.7. The quantitative estimate of drug-likeness (QED) is 0.208. The van der Waals surface area contributed by atoms with Gasteiger partial charge in [0.1, 0.15) is 6.61 Å². The van der Waals surface area contributed by atoms with Gasteiger partial charge < -0.3 is 28.8 Å². The minimum atomic E-state index is -0.747. The largest absolute Gasteiger partial charge is 0.481 e. The van der Waals surface area contributed by atoms with Gasteiger partial charge in [-0.05, 0) is 12.8 Å². The zero-order valence-corrected chi connectivity index (χ0v) is 16.1. The average Bonchev–Trinajstić information content (AvgIpc) is 2.61. The lowest BCUT2D eigenvalue weighted by molar-refractivity contribution is -0.188. The van der Waals surface area contributed by atoms with E-state index < -0.39 is 12.3 Å². The molecule has 0 atom stereocenters. The number of hydrogen-bond donors (Lipinski definition) is 1. The summed E-state index contributed by atoms with van der Waals surface area (Å²) in [4.78, 5) is 22.2. The third-order valence-corrected chi connectivity index (χ3v) is 3.58. The van der Waals surface area contributed by atoms with E-state index in [2.05, 4.69) is 0 Å². The van der Waals surface area contributed by atoms with Crippen LogP contribution in [0.3, 0.4) is 0 Å². The van der Waals surface area contributed by atoms with E-state index in [1.165, 1.54) is 0 Å².